The minimum atomic E-state index is -0.113. The lowest BCUT2D eigenvalue weighted by atomic mass is 9.99. The average Bonchev–Trinajstić information content (AvgIpc) is 2.62. The fourth-order valence-electron chi connectivity index (χ4n) is 1.84. The minimum Gasteiger partial charge on any atom is -0.356 e. The van der Waals surface area contributed by atoms with Crippen molar-refractivity contribution in [2.45, 2.75) is 6.92 Å². The summed E-state index contributed by atoms with van der Waals surface area (Å²) in [5.41, 5.74) is 0. The lowest BCUT2D eigenvalue weighted by molar-refractivity contribution is -0.128. The average molecular weight is 236 g/mol. The van der Waals surface area contributed by atoms with Gasteiger partial charge in [-0.3, -0.25) is 9.59 Å². The number of aryl methyl sites for hydroxylation is 1. The predicted octanol–water partition coefficient (Wildman–Crippen LogP) is -0.372. The highest BCUT2D eigenvalue weighted by molar-refractivity contribution is 5.93. The number of amides is 2. The van der Waals surface area contributed by atoms with Gasteiger partial charge in [-0.25, -0.2) is 4.98 Å². The number of imidazole rings is 1. The van der Waals surface area contributed by atoms with Gasteiger partial charge in [0.15, 0.2) is 5.82 Å². The zero-order chi connectivity index (χ0) is 12.4. The monoisotopic (exact) mass is 236 g/mol. The largest absolute Gasteiger partial charge is 0.356 e. The van der Waals surface area contributed by atoms with Gasteiger partial charge in [0.1, 0.15) is 0 Å². The molecule has 1 N–H and O–H groups in total. The normalized spacial score (nSPS) is 15.5. The minimum absolute atomic E-state index is 0.0244. The molecule has 2 heterocycles. The highest BCUT2D eigenvalue weighted by Gasteiger charge is 2.36. The van der Waals surface area contributed by atoms with Crippen molar-refractivity contribution in [1.82, 2.24) is 19.8 Å². The van der Waals surface area contributed by atoms with Crippen LogP contribution in [0.3, 0.4) is 0 Å². The number of nitrogens with zero attached hydrogens (tertiary/aromatic N) is 3. The highest BCUT2D eigenvalue weighted by atomic mass is 16.2. The number of hydrogen-bond acceptors (Lipinski definition) is 3. The van der Waals surface area contributed by atoms with Crippen LogP contribution in [-0.2, 0) is 11.8 Å². The van der Waals surface area contributed by atoms with Crippen molar-refractivity contribution in [2.24, 2.45) is 13.0 Å². The van der Waals surface area contributed by atoms with Gasteiger partial charge in [0.2, 0.25) is 5.91 Å². The Hall–Kier alpha value is -1.85. The summed E-state index contributed by atoms with van der Waals surface area (Å²) in [5, 5.41) is 2.76. The van der Waals surface area contributed by atoms with Gasteiger partial charge in [-0.05, 0) is 6.92 Å². The molecule has 0 spiro atoms. The van der Waals surface area contributed by atoms with Crippen LogP contribution in [0.4, 0.5) is 0 Å². The first-order valence-electron chi connectivity index (χ1n) is 5.67. The quantitative estimate of drug-likeness (QED) is 0.778. The summed E-state index contributed by atoms with van der Waals surface area (Å²) in [4.78, 5) is 29.1. The van der Waals surface area contributed by atoms with Crippen LogP contribution in [-0.4, -0.2) is 45.9 Å². The Kier molecular flexibility index (Phi) is 3.12. The first-order chi connectivity index (χ1) is 8.13. The second kappa shape index (κ2) is 4.57. The summed E-state index contributed by atoms with van der Waals surface area (Å²) in [5.74, 6) is 0.257. The van der Waals surface area contributed by atoms with Crippen LogP contribution >= 0.6 is 0 Å². The predicted molar refractivity (Wildman–Crippen MR) is 61.3 cm³/mol. The topological polar surface area (TPSA) is 67.2 Å². The van der Waals surface area contributed by atoms with E-state index in [0.717, 1.165) is 0 Å². The van der Waals surface area contributed by atoms with E-state index in [-0.39, 0.29) is 17.7 Å². The SMILES string of the molecule is CCNC(=O)C1CN(C(=O)c2nccn2C)C1. The molecule has 0 atom stereocenters. The van der Waals surface area contributed by atoms with Crippen LogP contribution in [0.2, 0.25) is 0 Å². The van der Waals surface area contributed by atoms with E-state index in [4.69, 9.17) is 0 Å². The molecule has 0 bridgehead atoms. The third-order valence-corrected chi connectivity index (χ3v) is 2.90. The van der Waals surface area contributed by atoms with Crippen molar-refractivity contribution < 1.29 is 9.59 Å². The number of likely N-dealkylation sites (tertiary alicyclic amines) is 1. The lowest BCUT2D eigenvalue weighted by Crippen LogP contribution is -2.56. The van der Waals surface area contributed by atoms with E-state index in [2.05, 4.69) is 10.3 Å². The third kappa shape index (κ3) is 2.15. The van der Waals surface area contributed by atoms with Crippen molar-refractivity contribution >= 4 is 11.8 Å². The summed E-state index contributed by atoms with van der Waals surface area (Å²) in [6.07, 6.45) is 3.32. The summed E-state index contributed by atoms with van der Waals surface area (Å²) in [7, 11) is 1.78. The first-order valence-corrected chi connectivity index (χ1v) is 5.67. The molecule has 2 amide bonds. The Labute approximate surface area is 99.6 Å². The number of hydrogen-bond donors (Lipinski definition) is 1. The van der Waals surface area contributed by atoms with Crippen molar-refractivity contribution in [1.29, 1.82) is 0 Å². The highest BCUT2D eigenvalue weighted by Crippen LogP contribution is 2.17. The molecule has 6 heteroatoms. The van der Waals surface area contributed by atoms with Crippen LogP contribution in [0.5, 0.6) is 0 Å². The third-order valence-electron chi connectivity index (χ3n) is 2.90. The zero-order valence-electron chi connectivity index (χ0n) is 10.0. The number of carbonyl (C=O) groups is 2. The van der Waals surface area contributed by atoms with Gasteiger partial charge in [0.05, 0.1) is 5.92 Å². The summed E-state index contributed by atoms with van der Waals surface area (Å²) >= 11 is 0. The van der Waals surface area contributed by atoms with E-state index in [1.54, 1.807) is 28.9 Å². The molecule has 2 rings (SSSR count). The second-order valence-corrected chi connectivity index (χ2v) is 4.16. The molecule has 1 fully saturated rings. The molecule has 0 aromatic carbocycles. The molecular formula is C11H16N4O2. The summed E-state index contributed by atoms with van der Waals surface area (Å²) in [6.45, 7) is 3.48. The lowest BCUT2D eigenvalue weighted by Gasteiger charge is -2.37. The molecule has 0 saturated carbocycles. The van der Waals surface area contributed by atoms with Gasteiger partial charge in [0.25, 0.3) is 5.91 Å². The van der Waals surface area contributed by atoms with Crippen molar-refractivity contribution in [2.75, 3.05) is 19.6 Å². The van der Waals surface area contributed by atoms with Crippen molar-refractivity contribution in [3.63, 3.8) is 0 Å². The first kappa shape index (κ1) is 11.6. The number of rotatable bonds is 3. The second-order valence-electron chi connectivity index (χ2n) is 4.16. The van der Waals surface area contributed by atoms with Crippen LogP contribution in [0, 0.1) is 5.92 Å². The molecule has 0 unspecified atom stereocenters. The maximum atomic E-state index is 11.9. The zero-order valence-corrected chi connectivity index (χ0v) is 10.0. The molecule has 1 aromatic heterocycles. The smallest absolute Gasteiger partial charge is 0.289 e. The van der Waals surface area contributed by atoms with Crippen molar-refractivity contribution in [3.8, 4) is 0 Å². The molecule has 6 nitrogen and oxygen atoms in total. The fraction of sp³-hybridized carbons (Fsp3) is 0.545. The molecule has 92 valence electrons. The Balaban J connectivity index is 1.90. The molecule has 1 aliphatic heterocycles. The van der Waals surface area contributed by atoms with Gasteiger partial charge >= 0.3 is 0 Å². The van der Waals surface area contributed by atoms with Gasteiger partial charge in [-0.15, -0.1) is 0 Å². The van der Waals surface area contributed by atoms with E-state index >= 15 is 0 Å². The van der Waals surface area contributed by atoms with E-state index < -0.39 is 0 Å². The van der Waals surface area contributed by atoms with E-state index in [0.29, 0.717) is 25.5 Å². The maximum absolute atomic E-state index is 11.9. The van der Waals surface area contributed by atoms with Crippen molar-refractivity contribution in [3.05, 3.63) is 18.2 Å². The molecule has 1 saturated heterocycles. The van der Waals surface area contributed by atoms with Crippen LogP contribution < -0.4 is 5.32 Å². The maximum Gasteiger partial charge on any atom is 0.289 e. The van der Waals surface area contributed by atoms with Crippen LogP contribution in [0.1, 0.15) is 17.5 Å². The van der Waals surface area contributed by atoms with Gasteiger partial charge in [0, 0.05) is 39.1 Å². The number of nitrogens with one attached hydrogen (secondary N) is 1. The summed E-state index contributed by atoms with van der Waals surface area (Å²) in [6, 6.07) is 0. The standard InChI is InChI=1S/C11H16N4O2/c1-3-12-10(16)8-6-15(7-8)11(17)9-13-4-5-14(9)2/h4-5,8H,3,6-7H2,1-2H3,(H,12,16). The molecule has 0 aliphatic carbocycles. The molecular weight excluding hydrogens is 220 g/mol. The van der Waals surface area contributed by atoms with Gasteiger partial charge in [-0.2, -0.15) is 0 Å². The number of carbonyl (C=O) groups excluding carboxylic acids is 2. The molecule has 17 heavy (non-hydrogen) atoms. The van der Waals surface area contributed by atoms with E-state index in [1.165, 1.54) is 0 Å². The molecule has 1 aromatic rings. The Morgan fingerprint density at radius 2 is 2.24 bits per heavy atom. The van der Waals surface area contributed by atoms with Crippen LogP contribution in [0.25, 0.3) is 0 Å². The fourth-order valence-corrected chi connectivity index (χ4v) is 1.84. The molecule has 0 radical (unpaired) electrons. The molecule has 1 aliphatic rings. The van der Waals surface area contributed by atoms with E-state index in [9.17, 15) is 9.59 Å². The van der Waals surface area contributed by atoms with Crippen LogP contribution in [0.15, 0.2) is 12.4 Å². The Morgan fingerprint density at radius 3 is 2.76 bits per heavy atom. The van der Waals surface area contributed by atoms with E-state index in [1.807, 2.05) is 6.92 Å². The Morgan fingerprint density at radius 1 is 1.53 bits per heavy atom. The van der Waals surface area contributed by atoms with Gasteiger partial charge in [-0.1, -0.05) is 0 Å². The summed E-state index contributed by atoms with van der Waals surface area (Å²) < 4.78 is 1.68. The van der Waals surface area contributed by atoms with Gasteiger partial charge < -0.3 is 14.8 Å². The Bertz CT molecular complexity index is 434. The number of aromatic nitrogens is 2.